The van der Waals surface area contributed by atoms with E-state index in [1.165, 1.54) is 35.6 Å². The molecule has 25 heavy (non-hydrogen) atoms. The molecule has 1 aromatic heterocycles. The lowest BCUT2D eigenvalue weighted by molar-refractivity contribution is -0.142. The second-order valence-corrected chi connectivity index (χ2v) is 8.57. The summed E-state index contributed by atoms with van der Waals surface area (Å²) in [6.07, 6.45) is 3.95. The van der Waals surface area contributed by atoms with Crippen molar-refractivity contribution in [1.82, 2.24) is 0 Å². The standard InChI is InChI=1S/C17H17NO5S2/c1-12-6-7-14(24-12)8-9-17(20)23-11-16(19)18-13-4-3-5-15(10-13)25(2,21)22/h3-10H,11H2,1-2H3,(H,18,19)/b9-8+. The highest BCUT2D eigenvalue weighted by atomic mass is 32.2. The van der Waals surface area contributed by atoms with Crippen LogP contribution in [0.25, 0.3) is 6.08 Å². The molecule has 0 spiro atoms. The zero-order valence-corrected chi connectivity index (χ0v) is 15.3. The summed E-state index contributed by atoms with van der Waals surface area (Å²) in [5.41, 5.74) is 0.313. The Kier molecular flexibility index (Phi) is 6.11. The zero-order valence-electron chi connectivity index (χ0n) is 13.7. The first-order valence-electron chi connectivity index (χ1n) is 7.25. The molecule has 1 heterocycles. The fourth-order valence-electron chi connectivity index (χ4n) is 1.88. The van der Waals surface area contributed by atoms with Gasteiger partial charge in [-0.05, 0) is 43.3 Å². The molecule has 6 nitrogen and oxygen atoms in total. The molecule has 1 aromatic carbocycles. The summed E-state index contributed by atoms with van der Waals surface area (Å²) >= 11 is 1.54. The first-order chi connectivity index (χ1) is 11.7. The summed E-state index contributed by atoms with van der Waals surface area (Å²) in [7, 11) is -3.36. The van der Waals surface area contributed by atoms with Gasteiger partial charge < -0.3 is 10.1 Å². The van der Waals surface area contributed by atoms with Crippen molar-refractivity contribution in [2.45, 2.75) is 11.8 Å². The summed E-state index contributed by atoms with van der Waals surface area (Å²) < 4.78 is 27.8. The largest absolute Gasteiger partial charge is 0.452 e. The number of ether oxygens (including phenoxy) is 1. The number of thiophene rings is 1. The molecule has 2 aromatic rings. The number of hydrogen-bond donors (Lipinski definition) is 1. The summed E-state index contributed by atoms with van der Waals surface area (Å²) in [6, 6.07) is 9.66. The summed E-state index contributed by atoms with van der Waals surface area (Å²) in [5, 5.41) is 2.48. The van der Waals surface area contributed by atoms with E-state index < -0.39 is 28.3 Å². The molecule has 0 atom stereocenters. The predicted octanol–water partition coefficient (Wildman–Crippen LogP) is 2.66. The van der Waals surface area contributed by atoms with E-state index in [2.05, 4.69) is 5.32 Å². The average Bonchev–Trinajstić information content (AvgIpc) is 2.96. The smallest absolute Gasteiger partial charge is 0.331 e. The van der Waals surface area contributed by atoms with Crippen molar-refractivity contribution >= 4 is 44.8 Å². The number of hydrogen-bond acceptors (Lipinski definition) is 6. The van der Waals surface area contributed by atoms with Gasteiger partial charge in [-0.25, -0.2) is 13.2 Å². The fraction of sp³-hybridized carbons (Fsp3) is 0.176. The van der Waals surface area contributed by atoms with Gasteiger partial charge in [-0.2, -0.15) is 0 Å². The lowest BCUT2D eigenvalue weighted by atomic mass is 10.3. The maximum absolute atomic E-state index is 11.8. The Morgan fingerprint density at radius 3 is 2.64 bits per heavy atom. The summed E-state index contributed by atoms with van der Waals surface area (Å²) in [6.45, 7) is 1.50. The molecule has 1 amide bonds. The minimum absolute atomic E-state index is 0.0940. The number of sulfone groups is 1. The summed E-state index contributed by atoms with van der Waals surface area (Å²) in [5.74, 6) is -1.19. The molecule has 0 bridgehead atoms. The Hall–Kier alpha value is -2.45. The third kappa shape index (κ3) is 6.17. The number of esters is 1. The minimum Gasteiger partial charge on any atom is -0.452 e. The number of rotatable bonds is 6. The van der Waals surface area contributed by atoms with Crippen molar-refractivity contribution in [3.05, 3.63) is 52.2 Å². The third-order valence-corrected chi connectivity index (χ3v) is 5.11. The molecule has 0 aliphatic carbocycles. The van der Waals surface area contributed by atoms with Gasteiger partial charge in [0.1, 0.15) is 0 Å². The highest BCUT2D eigenvalue weighted by Gasteiger charge is 2.10. The van der Waals surface area contributed by atoms with E-state index in [-0.39, 0.29) is 4.90 Å². The lowest BCUT2D eigenvalue weighted by Crippen LogP contribution is -2.20. The van der Waals surface area contributed by atoms with Gasteiger partial charge in [0, 0.05) is 27.8 Å². The third-order valence-electron chi connectivity index (χ3n) is 3.04. The SMILES string of the molecule is Cc1ccc(/C=C/C(=O)OCC(=O)Nc2cccc(S(C)(=O)=O)c2)s1. The van der Waals surface area contributed by atoms with Crippen LogP contribution in [0.15, 0.2) is 47.4 Å². The van der Waals surface area contributed by atoms with Crippen LogP contribution >= 0.6 is 11.3 Å². The number of aryl methyl sites for hydroxylation is 1. The van der Waals surface area contributed by atoms with Crippen molar-refractivity contribution in [3.8, 4) is 0 Å². The molecule has 0 aliphatic heterocycles. The van der Waals surface area contributed by atoms with Crippen LogP contribution in [0.1, 0.15) is 9.75 Å². The first kappa shape index (κ1) is 18.9. The van der Waals surface area contributed by atoms with Gasteiger partial charge in [-0.1, -0.05) is 6.07 Å². The maximum atomic E-state index is 11.8. The Balaban J connectivity index is 1.86. The number of anilines is 1. The molecule has 0 saturated heterocycles. The molecule has 132 valence electrons. The van der Waals surface area contributed by atoms with Crippen LogP contribution < -0.4 is 5.32 Å². The van der Waals surface area contributed by atoms with E-state index in [1.54, 1.807) is 12.1 Å². The highest BCUT2D eigenvalue weighted by molar-refractivity contribution is 7.90. The van der Waals surface area contributed by atoms with Gasteiger partial charge in [0.2, 0.25) is 0 Å². The molecular weight excluding hydrogens is 362 g/mol. The Morgan fingerprint density at radius 1 is 1.24 bits per heavy atom. The van der Waals surface area contributed by atoms with Crippen LogP contribution in [0.3, 0.4) is 0 Å². The predicted molar refractivity (Wildman–Crippen MR) is 97.2 cm³/mol. The van der Waals surface area contributed by atoms with Crippen molar-refractivity contribution in [2.24, 2.45) is 0 Å². The Bertz CT molecular complexity index is 913. The highest BCUT2D eigenvalue weighted by Crippen LogP contribution is 2.16. The van der Waals surface area contributed by atoms with Gasteiger partial charge in [0.05, 0.1) is 4.90 Å². The van der Waals surface area contributed by atoms with E-state index in [0.717, 1.165) is 16.0 Å². The van der Waals surface area contributed by atoms with Gasteiger partial charge in [-0.15, -0.1) is 11.3 Å². The second kappa shape index (κ2) is 8.09. The van der Waals surface area contributed by atoms with Gasteiger partial charge in [-0.3, -0.25) is 4.79 Å². The topological polar surface area (TPSA) is 89.5 Å². The number of nitrogens with one attached hydrogen (secondary N) is 1. The molecule has 0 radical (unpaired) electrons. The van der Waals surface area contributed by atoms with Crippen LogP contribution in [-0.4, -0.2) is 33.2 Å². The van der Waals surface area contributed by atoms with Crippen molar-refractivity contribution in [2.75, 3.05) is 18.2 Å². The summed E-state index contributed by atoms with van der Waals surface area (Å²) in [4.78, 5) is 25.5. The Labute approximate surface area is 150 Å². The molecule has 8 heteroatoms. The molecule has 0 fully saturated rings. The maximum Gasteiger partial charge on any atom is 0.331 e. The second-order valence-electron chi connectivity index (χ2n) is 5.24. The lowest BCUT2D eigenvalue weighted by Gasteiger charge is -2.06. The van der Waals surface area contributed by atoms with Crippen LogP contribution in [0.2, 0.25) is 0 Å². The molecule has 0 saturated carbocycles. The van der Waals surface area contributed by atoms with E-state index in [0.29, 0.717) is 5.69 Å². The van der Waals surface area contributed by atoms with Crippen molar-refractivity contribution in [3.63, 3.8) is 0 Å². The van der Waals surface area contributed by atoms with Crippen molar-refractivity contribution in [1.29, 1.82) is 0 Å². The number of amides is 1. The minimum atomic E-state index is -3.36. The van der Waals surface area contributed by atoms with Gasteiger partial charge in [0.25, 0.3) is 5.91 Å². The zero-order chi connectivity index (χ0) is 18.4. The number of benzene rings is 1. The van der Waals surface area contributed by atoms with Gasteiger partial charge in [0.15, 0.2) is 16.4 Å². The molecular formula is C17H17NO5S2. The fourth-order valence-corrected chi connectivity index (χ4v) is 3.33. The van der Waals surface area contributed by atoms with E-state index in [9.17, 15) is 18.0 Å². The molecule has 0 aliphatic rings. The van der Waals surface area contributed by atoms with Crippen LogP contribution in [0, 0.1) is 6.92 Å². The van der Waals surface area contributed by atoms with Crippen LogP contribution in [-0.2, 0) is 24.2 Å². The normalized spacial score (nSPS) is 11.4. The molecule has 0 unspecified atom stereocenters. The first-order valence-corrected chi connectivity index (χ1v) is 9.96. The monoisotopic (exact) mass is 379 g/mol. The van der Waals surface area contributed by atoms with Crippen molar-refractivity contribution < 1.29 is 22.7 Å². The van der Waals surface area contributed by atoms with Crippen LogP contribution in [0.5, 0.6) is 0 Å². The van der Waals surface area contributed by atoms with Crippen LogP contribution in [0.4, 0.5) is 5.69 Å². The number of carbonyl (C=O) groups is 2. The number of carbonyl (C=O) groups excluding carboxylic acids is 2. The Morgan fingerprint density at radius 2 is 2.00 bits per heavy atom. The quantitative estimate of drug-likeness (QED) is 0.616. The van der Waals surface area contributed by atoms with E-state index in [4.69, 9.17) is 4.74 Å². The van der Waals surface area contributed by atoms with E-state index >= 15 is 0 Å². The average molecular weight is 379 g/mol. The van der Waals surface area contributed by atoms with Gasteiger partial charge >= 0.3 is 5.97 Å². The molecule has 2 rings (SSSR count). The van der Waals surface area contributed by atoms with E-state index in [1.807, 2.05) is 19.1 Å². The molecule has 1 N–H and O–H groups in total.